The zero-order valence-corrected chi connectivity index (χ0v) is 12.0. The van der Waals surface area contributed by atoms with Crippen LogP contribution in [0.2, 0.25) is 0 Å². The third kappa shape index (κ3) is 5.12. The summed E-state index contributed by atoms with van der Waals surface area (Å²) < 4.78 is 0.912. The number of amides is 1. The van der Waals surface area contributed by atoms with Crippen molar-refractivity contribution in [3.05, 3.63) is 46.1 Å². The molecule has 0 atom stereocenters. The molecule has 7 heteroatoms. The summed E-state index contributed by atoms with van der Waals surface area (Å²) in [5.41, 5.74) is 0.783. The third-order valence-electron chi connectivity index (χ3n) is 2.26. The molecule has 104 valence electrons. The van der Waals surface area contributed by atoms with Gasteiger partial charge < -0.3 is 15.7 Å². The molecule has 0 aromatic heterocycles. The molecule has 0 saturated carbocycles. The van der Waals surface area contributed by atoms with Gasteiger partial charge in [-0.1, -0.05) is 34.1 Å². The Morgan fingerprint density at radius 1 is 1.40 bits per heavy atom. The molecule has 0 fully saturated rings. The first kappa shape index (κ1) is 15.7. The SMILES string of the molecule is N#C/C(=C/NCc1ccccc1Br)C(=O)NCC(=O)O. The number of nitrogens with one attached hydrogen (secondary N) is 2. The summed E-state index contributed by atoms with van der Waals surface area (Å²) in [6.07, 6.45) is 1.26. The first-order chi connectivity index (χ1) is 9.54. The van der Waals surface area contributed by atoms with E-state index in [4.69, 9.17) is 10.4 Å². The Morgan fingerprint density at radius 3 is 2.70 bits per heavy atom. The van der Waals surface area contributed by atoms with Crippen molar-refractivity contribution in [1.29, 1.82) is 5.26 Å². The molecule has 1 amide bonds. The van der Waals surface area contributed by atoms with Crippen molar-refractivity contribution in [3.8, 4) is 6.07 Å². The number of carboxylic acids is 1. The highest BCUT2D eigenvalue weighted by Crippen LogP contribution is 2.15. The third-order valence-corrected chi connectivity index (χ3v) is 3.04. The molecule has 0 heterocycles. The smallest absolute Gasteiger partial charge is 0.322 e. The first-order valence-corrected chi connectivity index (χ1v) is 6.41. The van der Waals surface area contributed by atoms with Crippen LogP contribution in [-0.2, 0) is 16.1 Å². The van der Waals surface area contributed by atoms with E-state index >= 15 is 0 Å². The second-order valence-corrected chi connectivity index (χ2v) is 4.57. The lowest BCUT2D eigenvalue weighted by Gasteiger charge is -2.05. The lowest BCUT2D eigenvalue weighted by molar-refractivity contribution is -0.137. The minimum Gasteiger partial charge on any atom is -0.480 e. The van der Waals surface area contributed by atoms with E-state index in [-0.39, 0.29) is 5.57 Å². The number of rotatable bonds is 6. The molecule has 0 spiro atoms. The maximum Gasteiger partial charge on any atom is 0.322 e. The number of nitrogens with zero attached hydrogens (tertiary/aromatic N) is 1. The highest BCUT2D eigenvalue weighted by atomic mass is 79.9. The van der Waals surface area contributed by atoms with Gasteiger partial charge in [-0.25, -0.2) is 0 Å². The maximum atomic E-state index is 11.5. The van der Waals surface area contributed by atoms with Gasteiger partial charge in [0, 0.05) is 17.2 Å². The topological polar surface area (TPSA) is 102 Å². The maximum absolute atomic E-state index is 11.5. The van der Waals surface area contributed by atoms with Crippen LogP contribution in [0.3, 0.4) is 0 Å². The summed E-state index contributed by atoms with van der Waals surface area (Å²) in [4.78, 5) is 21.8. The fourth-order valence-corrected chi connectivity index (χ4v) is 1.73. The molecule has 1 aromatic carbocycles. The van der Waals surface area contributed by atoms with Crippen LogP contribution in [0.25, 0.3) is 0 Å². The molecule has 0 radical (unpaired) electrons. The number of halogens is 1. The van der Waals surface area contributed by atoms with E-state index in [1.54, 1.807) is 6.07 Å². The molecule has 1 rings (SSSR count). The van der Waals surface area contributed by atoms with Crippen molar-refractivity contribution in [3.63, 3.8) is 0 Å². The molecule has 0 saturated heterocycles. The van der Waals surface area contributed by atoms with Gasteiger partial charge in [0.15, 0.2) is 0 Å². The molecule has 0 aliphatic rings. The number of carbonyl (C=O) groups is 2. The van der Waals surface area contributed by atoms with Crippen LogP contribution in [0.1, 0.15) is 5.56 Å². The van der Waals surface area contributed by atoms with E-state index in [0.29, 0.717) is 6.54 Å². The van der Waals surface area contributed by atoms with Gasteiger partial charge in [-0.3, -0.25) is 9.59 Å². The van der Waals surface area contributed by atoms with E-state index in [9.17, 15) is 9.59 Å². The van der Waals surface area contributed by atoms with E-state index in [1.807, 2.05) is 24.3 Å². The lowest BCUT2D eigenvalue weighted by atomic mass is 10.2. The zero-order chi connectivity index (χ0) is 15.0. The summed E-state index contributed by atoms with van der Waals surface area (Å²) in [5, 5.41) is 22.2. The predicted molar refractivity (Wildman–Crippen MR) is 75.3 cm³/mol. The highest BCUT2D eigenvalue weighted by Gasteiger charge is 2.09. The highest BCUT2D eigenvalue weighted by molar-refractivity contribution is 9.10. The molecule has 0 bridgehead atoms. The number of benzene rings is 1. The van der Waals surface area contributed by atoms with Crippen LogP contribution in [0, 0.1) is 11.3 Å². The van der Waals surface area contributed by atoms with Crippen molar-refractivity contribution in [2.45, 2.75) is 6.54 Å². The summed E-state index contributed by atoms with van der Waals surface area (Å²) >= 11 is 3.38. The molecule has 1 aromatic rings. The average molecular weight is 338 g/mol. The lowest BCUT2D eigenvalue weighted by Crippen LogP contribution is -2.30. The normalized spacial score (nSPS) is 10.5. The van der Waals surface area contributed by atoms with Crippen molar-refractivity contribution in [2.24, 2.45) is 0 Å². The van der Waals surface area contributed by atoms with Gasteiger partial charge in [0.25, 0.3) is 5.91 Å². The predicted octanol–water partition coefficient (Wildman–Crippen LogP) is 1.15. The van der Waals surface area contributed by atoms with Gasteiger partial charge in [0.2, 0.25) is 0 Å². The Hall–Kier alpha value is -2.33. The van der Waals surface area contributed by atoms with E-state index in [2.05, 4.69) is 26.6 Å². The van der Waals surface area contributed by atoms with Crippen LogP contribution in [0.15, 0.2) is 40.5 Å². The molecule has 0 aliphatic heterocycles. The Kier molecular flexibility index (Phi) is 6.26. The van der Waals surface area contributed by atoms with Crippen LogP contribution < -0.4 is 10.6 Å². The quantitative estimate of drug-likeness (QED) is 0.533. The second kappa shape index (κ2) is 7.96. The van der Waals surface area contributed by atoms with Crippen LogP contribution in [-0.4, -0.2) is 23.5 Å². The Balaban J connectivity index is 2.58. The molecule has 3 N–H and O–H groups in total. The minimum atomic E-state index is -1.17. The van der Waals surface area contributed by atoms with E-state index < -0.39 is 18.4 Å². The first-order valence-electron chi connectivity index (χ1n) is 5.61. The number of aliphatic carboxylic acids is 1. The molecule has 20 heavy (non-hydrogen) atoms. The monoisotopic (exact) mass is 337 g/mol. The molecule has 6 nitrogen and oxygen atoms in total. The fraction of sp³-hybridized carbons (Fsp3) is 0.154. The summed E-state index contributed by atoms with van der Waals surface area (Å²) in [6, 6.07) is 9.23. The van der Waals surface area contributed by atoms with E-state index in [1.165, 1.54) is 6.20 Å². The molecular weight excluding hydrogens is 326 g/mol. The summed E-state index contributed by atoms with van der Waals surface area (Å²) in [6.45, 7) is -0.0963. The van der Waals surface area contributed by atoms with Gasteiger partial charge in [-0.15, -0.1) is 0 Å². The molecular formula is C13H12BrN3O3. The number of hydrogen-bond donors (Lipinski definition) is 3. The Bertz CT molecular complexity index is 578. The number of carboxylic acid groups (broad SMARTS) is 1. The van der Waals surface area contributed by atoms with Gasteiger partial charge in [-0.2, -0.15) is 5.26 Å². The van der Waals surface area contributed by atoms with Gasteiger partial charge >= 0.3 is 5.97 Å². The fourth-order valence-electron chi connectivity index (χ4n) is 1.30. The number of nitriles is 1. The number of carbonyl (C=O) groups excluding carboxylic acids is 1. The second-order valence-electron chi connectivity index (χ2n) is 3.72. The molecule has 0 unspecified atom stereocenters. The van der Waals surface area contributed by atoms with Gasteiger partial charge in [0.1, 0.15) is 18.2 Å². The van der Waals surface area contributed by atoms with Crippen LogP contribution >= 0.6 is 15.9 Å². The Labute approximate surface area is 124 Å². The standard InChI is InChI=1S/C13H12BrN3O3/c14-11-4-2-1-3-9(11)6-16-7-10(5-15)13(20)17-8-12(18)19/h1-4,7,16H,6,8H2,(H,17,20)(H,18,19)/b10-7-. The number of hydrogen-bond acceptors (Lipinski definition) is 4. The minimum absolute atomic E-state index is 0.182. The van der Waals surface area contributed by atoms with Crippen molar-refractivity contribution in [2.75, 3.05) is 6.54 Å². The largest absolute Gasteiger partial charge is 0.480 e. The Morgan fingerprint density at radius 2 is 2.10 bits per heavy atom. The van der Waals surface area contributed by atoms with Crippen molar-refractivity contribution >= 4 is 27.8 Å². The van der Waals surface area contributed by atoms with Crippen molar-refractivity contribution in [1.82, 2.24) is 10.6 Å². The van der Waals surface area contributed by atoms with Crippen LogP contribution in [0.4, 0.5) is 0 Å². The average Bonchev–Trinajstić information content (AvgIpc) is 2.43. The van der Waals surface area contributed by atoms with Gasteiger partial charge in [0.05, 0.1) is 0 Å². The van der Waals surface area contributed by atoms with Crippen molar-refractivity contribution < 1.29 is 14.7 Å². The van der Waals surface area contributed by atoms with Crippen LogP contribution in [0.5, 0.6) is 0 Å². The van der Waals surface area contributed by atoms with Gasteiger partial charge in [-0.05, 0) is 11.6 Å². The molecule has 0 aliphatic carbocycles. The summed E-state index contributed by atoms with van der Waals surface area (Å²) in [7, 11) is 0. The van der Waals surface area contributed by atoms with E-state index in [0.717, 1.165) is 10.0 Å². The summed E-state index contributed by atoms with van der Waals surface area (Å²) in [5.74, 6) is -1.90. The zero-order valence-electron chi connectivity index (χ0n) is 10.4.